The second kappa shape index (κ2) is 5.14. The number of hydrogen-bond donors (Lipinski definition) is 1. The Kier molecular flexibility index (Phi) is 4.32. The van der Waals surface area contributed by atoms with Crippen LogP contribution in [0.2, 0.25) is 0 Å². The second-order valence-electron chi connectivity index (χ2n) is 4.14. The lowest BCUT2D eigenvalue weighted by Gasteiger charge is -2.13. The molecule has 0 aliphatic heterocycles. The molecule has 1 aromatic rings. The minimum atomic E-state index is -4.19. The van der Waals surface area contributed by atoms with E-state index in [-0.39, 0.29) is 11.0 Å². The van der Waals surface area contributed by atoms with E-state index < -0.39 is 12.6 Å². The van der Waals surface area contributed by atoms with Gasteiger partial charge in [0, 0.05) is 17.8 Å². The normalized spacial score (nSPS) is 14.4. The highest BCUT2D eigenvalue weighted by Crippen LogP contribution is 2.23. The Bertz CT molecular complexity index is 333. The molecule has 0 saturated heterocycles. The topological polar surface area (TPSA) is 38.9 Å². The van der Waals surface area contributed by atoms with Crippen LogP contribution in [-0.2, 0) is 12.8 Å². The fourth-order valence-electron chi connectivity index (χ4n) is 1.17. The number of alkyl halides is 3. The third-order valence-electron chi connectivity index (χ3n) is 2.25. The van der Waals surface area contributed by atoms with Gasteiger partial charge in [0.1, 0.15) is 5.01 Å². The molecule has 0 spiro atoms. The van der Waals surface area contributed by atoms with Crippen molar-refractivity contribution in [2.45, 2.75) is 38.9 Å². The van der Waals surface area contributed by atoms with Crippen molar-refractivity contribution in [3.05, 3.63) is 16.1 Å². The van der Waals surface area contributed by atoms with E-state index in [1.807, 2.05) is 13.8 Å². The fourth-order valence-corrected chi connectivity index (χ4v) is 2.01. The first-order chi connectivity index (χ1) is 7.28. The number of nitrogens with zero attached hydrogens (tertiary/aromatic N) is 1. The zero-order valence-corrected chi connectivity index (χ0v) is 10.0. The zero-order valence-electron chi connectivity index (χ0n) is 9.21. The number of nitrogens with two attached hydrogens (primary N) is 1. The van der Waals surface area contributed by atoms with Gasteiger partial charge in [0.05, 0.1) is 12.1 Å². The average molecular weight is 252 g/mol. The lowest BCUT2D eigenvalue weighted by atomic mass is 10.0. The van der Waals surface area contributed by atoms with Gasteiger partial charge >= 0.3 is 6.18 Å². The summed E-state index contributed by atoms with van der Waals surface area (Å²) in [5.41, 5.74) is 6.49. The predicted molar refractivity (Wildman–Crippen MR) is 58.4 cm³/mol. The van der Waals surface area contributed by atoms with Crippen LogP contribution >= 0.6 is 11.3 Å². The summed E-state index contributed by atoms with van der Waals surface area (Å²) in [6.07, 6.45) is -4.60. The van der Waals surface area contributed by atoms with Crippen molar-refractivity contribution < 1.29 is 13.2 Å². The molecule has 0 fully saturated rings. The molecule has 6 heteroatoms. The fraction of sp³-hybridized carbons (Fsp3) is 0.700. The van der Waals surface area contributed by atoms with Crippen molar-refractivity contribution in [1.29, 1.82) is 0 Å². The van der Waals surface area contributed by atoms with Crippen LogP contribution in [0, 0.1) is 5.92 Å². The molecule has 1 atom stereocenters. The van der Waals surface area contributed by atoms with E-state index in [1.54, 1.807) is 5.38 Å². The number of thiazole rings is 1. The van der Waals surface area contributed by atoms with Gasteiger partial charge in [-0.3, -0.25) is 0 Å². The standard InChI is InChI=1S/C10H15F3N2S/c1-6(2)8(14)3-7-5-16-9(15-7)4-10(11,12)13/h5-6,8H,3-4,14H2,1-2H3. The molecular weight excluding hydrogens is 237 g/mol. The number of rotatable bonds is 4. The monoisotopic (exact) mass is 252 g/mol. The van der Waals surface area contributed by atoms with Gasteiger partial charge in [-0.05, 0) is 5.92 Å². The van der Waals surface area contributed by atoms with Crippen molar-refractivity contribution in [3.63, 3.8) is 0 Å². The van der Waals surface area contributed by atoms with Crippen LogP contribution in [0.15, 0.2) is 5.38 Å². The first-order valence-corrected chi connectivity index (χ1v) is 5.91. The largest absolute Gasteiger partial charge is 0.395 e. The van der Waals surface area contributed by atoms with Gasteiger partial charge in [0.15, 0.2) is 0 Å². The minimum Gasteiger partial charge on any atom is -0.327 e. The molecule has 0 amide bonds. The molecule has 0 radical (unpaired) electrons. The minimum absolute atomic E-state index is 0.0548. The molecule has 0 aromatic carbocycles. The molecule has 2 N–H and O–H groups in total. The highest BCUT2D eigenvalue weighted by molar-refractivity contribution is 7.09. The van der Waals surface area contributed by atoms with Crippen LogP contribution in [0.25, 0.3) is 0 Å². The Morgan fingerprint density at radius 2 is 2.06 bits per heavy atom. The van der Waals surface area contributed by atoms with Crippen LogP contribution < -0.4 is 5.73 Å². The average Bonchev–Trinajstić information content (AvgIpc) is 2.49. The van der Waals surface area contributed by atoms with E-state index in [4.69, 9.17) is 5.73 Å². The van der Waals surface area contributed by atoms with Crippen LogP contribution in [0.5, 0.6) is 0 Å². The smallest absolute Gasteiger partial charge is 0.327 e. The number of hydrogen-bond acceptors (Lipinski definition) is 3. The summed E-state index contributed by atoms with van der Waals surface area (Å²) in [5, 5.41) is 1.77. The van der Waals surface area contributed by atoms with Gasteiger partial charge in [-0.1, -0.05) is 13.8 Å². The lowest BCUT2D eigenvalue weighted by Crippen LogP contribution is -2.28. The molecule has 1 rings (SSSR count). The molecule has 92 valence electrons. The highest BCUT2D eigenvalue weighted by atomic mass is 32.1. The first-order valence-electron chi connectivity index (χ1n) is 5.03. The van der Waals surface area contributed by atoms with Gasteiger partial charge in [-0.25, -0.2) is 4.98 Å². The molecule has 0 bridgehead atoms. The molecule has 1 aromatic heterocycles. The van der Waals surface area contributed by atoms with Gasteiger partial charge in [-0.15, -0.1) is 11.3 Å². The summed E-state index contributed by atoms with van der Waals surface area (Å²) in [7, 11) is 0. The number of halogens is 3. The highest BCUT2D eigenvalue weighted by Gasteiger charge is 2.29. The van der Waals surface area contributed by atoms with Crippen molar-refractivity contribution in [2.24, 2.45) is 11.7 Å². The van der Waals surface area contributed by atoms with Crippen LogP contribution in [0.3, 0.4) is 0 Å². The third kappa shape index (κ3) is 4.49. The maximum atomic E-state index is 12.1. The van der Waals surface area contributed by atoms with Crippen molar-refractivity contribution >= 4 is 11.3 Å². The van der Waals surface area contributed by atoms with Crippen molar-refractivity contribution in [3.8, 4) is 0 Å². The molecule has 0 saturated carbocycles. The summed E-state index contributed by atoms with van der Waals surface area (Å²) in [6, 6.07) is -0.0548. The van der Waals surface area contributed by atoms with Crippen molar-refractivity contribution in [1.82, 2.24) is 4.98 Å². The molecule has 1 heterocycles. The van der Waals surface area contributed by atoms with E-state index in [2.05, 4.69) is 4.98 Å². The van der Waals surface area contributed by atoms with Crippen molar-refractivity contribution in [2.75, 3.05) is 0 Å². The third-order valence-corrected chi connectivity index (χ3v) is 3.15. The molecule has 1 unspecified atom stereocenters. The van der Waals surface area contributed by atoms with Crippen LogP contribution in [0.4, 0.5) is 13.2 Å². The number of aromatic nitrogens is 1. The molecular formula is C10H15F3N2S. The van der Waals surface area contributed by atoms with E-state index in [0.29, 0.717) is 18.0 Å². The second-order valence-corrected chi connectivity index (χ2v) is 5.08. The first kappa shape index (κ1) is 13.4. The summed E-state index contributed by atoms with van der Waals surface area (Å²) in [4.78, 5) is 3.94. The maximum absolute atomic E-state index is 12.1. The molecule has 16 heavy (non-hydrogen) atoms. The molecule has 0 aliphatic rings. The Labute approximate surface area is 96.7 Å². The molecule has 0 aliphatic carbocycles. The summed E-state index contributed by atoms with van der Waals surface area (Å²) in [5.74, 6) is 0.299. The van der Waals surface area contributed by atoms with E-state index in [9.17, 15) is 13.2 Å². The Morgan fingerprint density at radius 1 is 1.44 bits per heavy atom. The Morgan fingerprint density at radius 3 is 2.56 bits per heavy atom. The molecule has 2 nitrogen and oxygen atoms in total. The van der Waals surface area contributed by atoms with Gasteiger partial charge < -0.3 is 5.73 Å². The maximum Gasteiger partial charge on any atom is 0.395 e. The Hall–Kier alpha value is -0.620. The van der Waals surface area contributed by atoms with Gasteiger partial charge in [0.2, 0.25) is 0 Å². The zero-order chi connectivity index (χ0) is 12.3. The quantitative estimate of drug-likeness (QED) is 0.895. The predicted octanol–water partition coefficient (Wildman–Crippen LogP) is 2.77. The van der Waals surface area contributed by atoms with Crippen LogP contribution in [-0.4, -0.2) is 17.2 Å². The Balaban J connectivity index is 2.58. The van der Waals surface area contributed by atoms with Gasteiger partial charge in [-0.2, -0.15) is 13.2 Å². The SMILES string of the molecule is CC(C)C(N)Cc1csc(CC(F)(F)F)n1. The van der Waals surface area contributed by atoms with E-state index in [0.717, 1.165) is 11.3 Å². The van der Waals surface area contributed by atoms with Crippen LogP contribution in [0.1, 0.15) is 24.5 Å². The summed E-state index contributed by atoms with van der Waals surface area (Å²) < 4.78 is 36.2. The van der Waals surface area contributed by atoms with Gasteiger partial charge in [0.25, 0.3) is 0 Å². The van der Waals surface area contributed by atoms with E-state index >= 15 is 0 Å². The summed E-state index contributed by atoms with van der Waals surface area (Å²) >= 11 is 1.04. The van der Waals surface area contributed by atoms with E-state index in [1.165, 1.54) is 0 Å². The summed E-state index contributed by atoms with van der Waals surface area (Å²) in [6.45, 7) is 3.96. The lowest BCUT2D eigenvalue weighted by molar-refractivity contribution is -0.127.